The maximum absolute atomic E-state index is 12.3. The molecular weight excluding hydrogens is 428 g/mol. The highest BCUT2D eigenvalue weighted by molar-refractivity contribution is 7.98. The molecule has 1 amide bonds. The van der Waals surface area contributed by atoms with Crippen molar-refractivity contribution >= 4 is 45.0 Å². The second kappa shape index (κ2) is 10.9. The number of nitrogens with one attached hydrogen (secondary N) is 1. The number of sulfonamides is 1. The Morgan fingerprint density at radius 2 is 1.90 bits per heavy atom. The van der Waals surface area contributed by atoms with Crippen LogP contribution < -0.4 is 9.62 Å². The zero-order chi connectivity index (χ0) is 21.4. The van der Waals surface area contributed by atoms with Crippen LogP contribution in [0.5, 0.6) is 0 Å². The third-order valence-electron chi connectivity index (χ3n) is 4.48. The Morgan fingerprint density at radius 1 is 1.17 bits per heavy atom. The number of anilines is 1. The lowest BCUT2D eigenvalue weighted by atomic mass is 10.1. The van der Waals surface area contributed by atoms with Gasteiger partial charge in [-0.05, 0) is 60.9 Å². The van der Waals surface area contributed by atoms with Crippen molar-refractivity contribution in [3.8, 4) is 0 Å². The summed E-state index contributed by atoms with van der Waals surface area (Å²) in [7, 11) is -3.57. The van der Waals surface area contributed by atoms with E-state index in [1.165, 1.54) is 9.87 Å². The van der Waals surface area contributed by atoms with Gasteiger partial charge in [-0.3, -0.25) is 9.10 Å². The number of hydrogen-bond acceptors (Lipinski definition) is 4. The predicted molar refractivity (Wildman–Crippen MR) is 123 cm³/mol. The molecule has 2 aromatic carbocycles. The second-order valence-corrected chi connectivity index (χ2v) is 10.3. The maximum atomic E-state index is 12.3. The molecule has 0 aromatic heterocycles. The van der Waals surface area contributed by atoms with Gasteiger partial charge in [-0.2, -0.15) is 11.8 Å². The van der Waals surface area contributed by atoms with Crippen LogP contribution in [0.3, 0.4) is 0 Å². The average molecular weight is 455 g/mol. The number of rotatable bonds is 10. The number of thioether (sulfide) groups is 1. The summed E-state index contributed by atoms with van der Waals surface area (Å²) in [5.74, 6) is 1.44. The summed E-state index contributed by atoms with van der Waals surface area (Å²) in [6.45, 7) is 4.06. The molecule has 158 valence electrons. The molecule has 0 heterocycles. The normalized spacial score (nSPS) is 11.3. The number of benzene rings is 2. The molecule has 1 N–H and O–H groups in total. The van der Waals surface area contributed by atoms with Gasteiger partial charge in [0.15, 0.2) is 0 Å². The predicted octanol–water partition coefficient (Wildman–Crippen LogP) is 4.16. The molecule has 0 aliphatic rings. The van der Waals surface area contributed by atoms with E-state index < -0.39 is 10.0 Å². The van der Waals surface area contributed by atoms with Gasteiger partial charge >= 0.3 is 0 Å². The van der Waals surface area contributed by atoms with E-state index >= 15 is 0 Å². The molecule has 0 radical (unpaired) electrons. The standard InChI is InChI=1S/C21H27ClN2O3S2/c1-16-7-4-10-20(17(16)2)24(29(3,26)27)14-21(25)23-11-6-12-28-15-18-8-5-9-19(22)13-18/h4-5,7-10,13H,6,11-12,14-15H2,1-3H3,(H,23,25). The van der Waals surface area contributed by atoms with E-state index in [1.807, 2.05) is 44.2 Å². The molecule has 29 heavy (non-hydrogen) atoms. The van der Waals surface area contributed by atoms with Crippen molar-refractivity contribution in [2.45, 2.75) is 26.0 Å². The monoisotopic (exact) mass is 454 g/mol. The van der Waals surface area contributed by atoms with Crippen molar-refractivity contribution in [2.24, 2.45) is 0 Å². The van der Waals surface area contributed by atoms with Crippen LogP contribution in [0.2, 0.25) is 5.02 Å². The highest BCUT2D eigenvalue weighted by Crippen LogP contribution is 2.24. The summed E-state index contributed by atoms with van der Waals surface area (Å²) in [5.41, 5.74) is 3.54. The summed E-state index contributed by atoms with van der Waals surface area (Å²) in [6.07, 6.45) is 1.92. The molecule has 0 aliphatic carbocycles. The van der Waals surface area contributed by atoms with Crippen molar-refractivity contribution < 1.29 is 13.2 Å². The van der Waals surface area contributed by atoms with Gasteiger partial charge < -0.3 is 5.32 Å². The molecule has 8 heteroatoms. The summed E-state index contributed by atoms with van der Waals surface area (Å²) in [5, 5.41) is 3.55. The number of amides is 1. The highest BCUT2D eigenvalue weighted by Gasteiger charge is 2.22. The molecule has 0 saturated carbocycles. The van der Waals surface area contributed by atoms with E-state index in [2.05, 4.69) is 5.32 Å². The lowest BCUT2D eigenvalue weighted by molar-refractivity contribution is -0.119. The minimum absolute atomic E-state index is 0.223. The van der Waals surface area contributed by atoms with Crippen LogP contribution in [0.4, 0.5) is 5.69 Å². The third-order valence-corrected chi connectivity index (χ3v) is 6.95. The summed E-state index contributed by atoms with van der Waals surface area (Å²) in [4.78, 5) is 12.3. The number of hydrogen-bond donors (Lipinski definition) is 1. The third kappa shape index (κ3) is 7.57. The van der Waals surface area contributed by atoms with Crippen molar-refractivity contribution in [2.75, 3.05) is 29.4 Å². The lowest BCUT2D eigenvalue weighted by Gasteiger charge is -2.24. The van der Waals surface area contributed by atoms with E-state index in [1.54, 1.807) is 23.9 Å². The van der Waals surface area contributed by atoms with Crippen molar-refractivity contribution in [1.82, 2.24) is 5.32 Å². The van der Waals surface area contributed by atoms with Crippen molar-refractivity contribution in [3.63, 3.8) is 0 Å². The van der Waals surface area contributed by atoms with Crippen LogP contribution >= 0.6 is 23.4 Å². The minimum Gasteiger partial charge on any atom is -0.354 e. The quantitative estimate of drug-likeness (QED) is 0.547. The maximum Gasteiger partial charge on any atom is 0.240 e. The zero-order valence-corrected chi connectivity index (χ0v) is 19.3. The van der Waals surface area contributed by atoms with Gasteiger partial charge in [0, 0.05) is 17.3 Å². The van der Waals surface area contributed by atoms with E-state index in [0.717, 1.165) is 40.3 Å². The zero-order valence-electron chi connectivity index (χ0n) is 16.9. The van der Waals surface area contributed by atoms with Crippen LogP contribution in [-0.2, 0) is 20.6 Å². The number of aryl methyl sites for hydroxylation is 1. The lowest BCUT2D eigenvalue weighted by Crippen LogP contribution is -2.41. The molecule has 0 atom stereocenters. The fraction of sp³-hybridized carbons (Fsp3) is 0.381. The Labute approximate surface area is 182 Å². The van der Waals surface area contributed by atoms with Gasteiger partial charge in [-0.1, -0.05) is 35.9 Å². The number of halogens is 1. The van der Waals surface area contributed by atoms with Crippen LogP contribution in [0.25, 0.3) is 0 Å². The number of carbonyl (C=O) groups is 1. The van der Waals surface area contributed by atoms with E-state index in [-0.39, 0.29) is 12.5 Å². The van der Waals surface area contributed by atoms with Gasteiger partial charge in [0.25, 0.3) is 0 Å². The van der Waals surface area contributed by atoms with Crippen LogP contribution in [0, 0.1) is 13.8 Å². The largest absolute Gasteiger partial charge is 0.354 e. The van der Waals surface area contributed by atoms with Crippen LogP contribution in [0.15, 0.2) is 42.5 Å². The first-order valence-corrected chi connectivity index (χ1v) is 12.7. The first-order chi connectivity index (χ1) is 13.7. The molecule has 0 saturated heterocycles. The van der Waals surface area contributed by atoms with Crippen molar-refractivity contribution in [1.29, 1.82) is 0 Å². The van der Waals surface area contributed by atoms with Gasteiger partial charge in [0.2, 0.25) is 15.9 Å². The number of carbonyl (C=O) groups excluding carboxylic acids is 1. The highest BCUT2D eigenvalue weighted by atomic mass is 35.5. The summed E-state index contributed by atoms with van der Waals surface area (Å²) >= 11 is 7.74. The molecule has 0 fully saturated rings. The summed E-state index contributed by atoms with van der Waals surface area (Å²) < 4.78 is 25.6. The molecule has 0 bridgehead atoms. The topological polar surface area (TPSA) is 66.5 Å². The molecule has 2 rings (SSSR count). The SMILES string of the molecule is Cc1cccc(N(CC(=O)NCCCSCc2cccc(Cl)c2)S(C)(=O)=O)c1C. The van der Waals surface area contributed by atoms with E-state index in [9.17, 15) is 13.2 Å². The van der Waals surface area contributed by atoms with E-state index in [0.29, 0.717) is 12.2 Å². The fourth-order valence-electron chi connectivity index (χ4n) is 2.79. The first-order valence-electron chi connectivity index (χ1n) is 9.31. The summed E-state index contributed by atoms with van der Waals surface area (Å²) in [6, 6.07) is 13.2. The molecule has 5 nitrogen and oxygen atoms in total. The smallest absolute Gasteiger partial charge is 0.240 e. The number of nitrogens with zero attached hydrogens (tertiary/aromatic N) is 1. The van der Waals surface area contributed by atoms with Gasteiger partial charge in [-0.15, -0.1) is 0 Å². The molecular formula is C21H27ClN2O3S2. The van der Waals surface area contributed by atoms with Gasteiger partial charge in [0.1, 0.15) is 6.54 Å². The Kier molecular flexibility index (Phi) is 8.86. The van der Waals surface area contributed by atoms with Crippen LogP contribution in [-0.4, -0.2) is 39.4 Å². The van der Waals surface area contributed by atoms with Gasteiger partial charge in [-0.25, -0.2) is 8.42 Å². The van der Waals surface area contributed by atoms with E-state index in [4.69, 9.17) is 11.6 Å². The Morgan fingerprint density at radius 3 is 2.59 bits per heavy atom. The second-order valence-electron chi connectivity index (χ2n) is 6.87. The first kappa shape index (κ1) is 23.6. The van der Waals surface area contributed by atoms with Gasteiger partial charge in [0.05, 0.1) is 11.9 Å². The Balaban J connectivity index is 1.81. The molecule has 2 aromatic rings. The Hall–Kier alpha value is -1.70. The molecule has 0 unspecified atom stereocenters. The average Bonchev–Trinajstić information content (AvgIpc) is 2.64. The van der Waals surface area contributed by atoms with Crippen LogP contribution in [0.1, 0.15) is 23.1 Å². The Bertz CT molecular complexity index is 949. The molecule has 0 aliphatic heterocycles. The molecule has 0 spiro atoms. The fourth-order valence-corrected chi connectivity index (χ4v) is 4.82. The minimum atomic E-state index is -3.57. The van der Waals surface area contributed by atoms with Crippen molar-refractivity contribution in [3.05, 3.63) is 64.2 Å².